The number of benzene rings is 1. The van der Waals surface area contributed by atoms with Gasteiger partial charge in [-0.15, -0.1) is 0 Å². The number of hydrogen-bond donors (Lipinski definition) is 1. The molecule has 7 heteroatoms. The lowest BCUT2D eigenvalue weighted by molar-refractivity contribution is -0.242. The van der Waals surface area contributed by atoms with Crippen molar-refractivity contribution < 1.29 is 28.6 Å². The minimum atomic E-state index is -0.641. The Bertz CT molecular complexity index is 707. The first-order valence-corrected chi connectivity index (χ1v) is 10.6. The highest BCUT2D eigenvalue weighted by molar-refractivity contribution is 5.89. The first kappa shape index (κ1) is 24.0. The maximum Gasteiger partial charge on any atom is 0.338 e. The first-order valence-electron chi connectivity index (χ1n) is 10.6. The highest BCUT2D eigenvalue weighted by atomic mass is 16.7. The molecular formula is C23H33NO6. The minimum Gasteiger partial charge on any atom is -0.459 e. The third-order valence-electron chi connectivity index (χ3n) is 5.55. The second-order valence-corrected chi connectivity index (χ2v) is 7.98. The number of carbonyl (C=O) groups excluding carboxylic acids is 3. The van der Waals surface area contributed by atoms with Gasteiger partial charge in [0.25, 0.3) is 0 Å². The monoisotopic (exact) mass is 419 g/mol. The molecular weight excluding hydrogens is 386 g/mol. The molecule has 0 bridgehead atoms. The number of unbranched alkanes of at least 4 members (excludes halogenated alkanes) is 1. The molecule has 0 radical (unpaired) electrons. The Morgan fingerprint density at radius 3 is 2.37 bits per heavy atom. The van der Waals surface area contributed by atoms with Crippen LogP contribution in [-0.2, 0) is 23.8 Å². The zero-order valence-corrected chi connectivity index (χ0v) is 18.3. The van der Waals surface area contributed by atoms with Gasteiger partial charge in [-0.2, -0.15) is 0 Å². The summed E-state index contributed by atoms with van der Waals surface area (Å²) < 4.78 is 17.5. The van der Waals surface area contributed by atoms with Crippen molar-refractivity contribution in [3.8, 4) is 0 Å². The summed E-state index contributed by atoms with van der Waals surface area (Å²) in [6.07, 6.45) is 1.01. The molecule has 1 N–H and O–H groups in total. The third kappa shape index (κ3) is 7.22. The van der Waals surface area contributed by atoms with Gasteiger partial charge in [0.1, 0.15) is 12.4 Å². The molecule has 0 spiro atoms. The van der Waals surface area contributed by atoms with Crippen molar-refractivity contribution in [1.29, 1.82) is 0 Å². The van der Waals surface area contributed by atoms with Gasteiger partial charge >= 0.3 is 5.97 Å². The van der Waals surface area contributed by atoms with Gasteiger partial charge in [0.15, 0.2) is 6.29 Å². The fraction of sp³-hybridized carbons (Fsp3) is 0.609. The Morgan fingerprint density at radius 2 is 1.73 bits per heavy atom. The smallest absolute Gasteiger partial charge is 0.338 e. The maximum atomic E-state index is 12.3. The normalized spacial score (nSPS) is 26.1. The van der Waals surface area contributed by atoms with Crippen LogP contribution in [0.2, 0.25) is 0 Å². The number of carbonyl (C=O) groups is 3. The molecule has 1 saturated heterocycles. The van der Waals surface area contributed by atoms with Crippen LogP contribution in [0.4, 0.5) is 0 Å². The molecule has 1 aliphatic heterocycles. The molecule has 1 fully saturated rings. The predicted octanol–water partition coefficient (Wildman–Crippen LogP) is 3.12. The summed E-state index contributed by atoms with van der Waals surface area (Å²) in [5.41, 5.74) is 0.489. The van der Waals surface area contributed by atoms with E-state index >= 15 is 0 Å². The largest absolute Gasteiger partial charge is 0.459 e. The standard InChI is InChI=1S/C23H33NO6/c1-15(25)10-8-9-13-28-23-21(24-18(4)26)17(3)16(2)20(30-23)14-29-22(27)19-11-6-5-7-12-19/h5-7,11-12,16-17,20-21,23H,8-10,13-14H2,1-4H3,(H,24,26)/t16-,17+,20?,21?,23-/m1/s1. The van der Waals surface area contributed by atoms with Crippen molar-refractivity contribution >= 4 is 17.7 Å². The lowest BCUT2D eigenvalue weighted by atomic mass is 9.82. The van der Waals surface area contributed by atoms with Crippen LogP contribution in [0.5, 0.6) is 0 Å². The Balaban J connectivity index is 1.97. The zero-order valence-electron chi connectivity index (χ0n) is 18.3. The molecule has 1 amide bonds. The van der Waals surface area contributed by atoms with Crippen LogP contribution in [0.3, 0.4) is 0 Å². The van der Waals surface area contributed by atoms with E-state index in [-0.39, 0.29) is 42.3 Å². The second kappa shape index (κ2) is 11.8. The molecule has 7 nitrogen and oxygen atoms in total. The molecule has 1 aromatic rings. The number of ether oxygens (including phenoxy) is 3. The highest BCUT2D eigenvalue weighted by Crippen LogP contribution is 2.32. The van der Waals surface area contributed by atoms with Crippen molar-refractivity contribution in [2.75, 3.05) is 13.2 Å². The summed E-state index contributed by atoms with van der Waals surface area (Å²) >= 11 is 0. The van der Waals surface area contributed by atoms with Crippen molar-refractivity contribution in [3.63, 3.8) is 0 Å². The number of Topliss-reactive ketones (excluding diaryl/α,β-unsaturated/α-hetero) is 1. The van der Waals surface area contributed by atoms with Gasteiger partial charge in [0, 0.05) is 20.0 Å². The molecule has 1 aliphatic rings. The average Bonchev–Trinajstić information content (AvgIpc) is 2.71. The van der Waals surface area contributed by atoms with Gasteiger partial charge in [0.2, 0.25) is 5.91 Å². The summed E-state index contributed by atoms with van der Waals surface area (Å²) in [5, 5.41) is 2.93. The second-order valence-electron chi connectivity index (χ2n) is 7.98. The van der Waals surface area contributed by atoms with Gasteiger partial charge < -0.3 is 24.3 Å². The van der Waals surface area contributed by atoms with E-state index in [1.807, 2.05) is 19.9 Å². The van der Waals surface area contributed by atoms with Gasteiger partial charge in [-0.1, -0.05) is 32.0 Å². The molecule has 0 aromatic heterocycles. The fourth-order valence-electron chi connectivity index (χ4n) is 3.55. The van der Waals surface area contributed by atoms with E-state index in [2.05, 4.69) is 5.32 Å². The molecule has 30 heavy (non-hydrogen) atoms. The molecule has 1 heterocycles. The van der Waals surface area contributed by atoms with Crippen LogP contribution in [0.15, 0.2) is 30.3 Å². The number of ketones is 1. The van der Waals surface area contributed by atoms with Crippen molar-refractivity contribution in [2.45, 2.75) is 65.4 Å². The van der Waals surface area contributed by atoms with Crippen LogP contribution < -0.4 is 5.32 Å². The van der Waals surface area contributed by atoms with Crippen molar-refractivity contribution in [2.24, 2.45) is 11.8 Å². The van der Waals surface area contributed by atoms with E-state index in [4.69, 9.17) is 14.2 Å². The Labute approximate surface area is 178 Å². The molecule has 5 atom stereocenters. The van der Waals surface area contributed by atoms with Gasteiger partial charge in [-0.05, 0) is 43.7 Å². The SMILES string of the molecule is CC(=O)CCCCO[C@@H]1OC(COC(=O)c2ccccc2)[C@H](C)[C@H](C)C1NC(C)=O. The van der Waals surface area contributed by atoms with E-state index in [9.17, 15) is 14.4 Å². The summed E-state index contributed by atoms with van der Waals surface area (Å²) in [6.45, 7) is 7.62. The van der Waals surface area contributed by atoms with Crippen LogP contribution in [0.25, 0.3) is 0 Å². The number of rotatable bonds is 10. The van der Waals surface area contributed by atoms with Crippen molar-refractivity contribution in [3.05, 3.63) is 35.9 Å². The zero-order chi connectivity index (χ0) is 22.1. The van der Waals surface area contributed by atoms with Crippen LogP contribution in [-0.4, -0.2) is 49.3 Å². The van der Waals surface area contributed by atoms with E-state index < -0.39 is 12.3 Å². The number of esters is 1. The van der Waals surface area contributed by atoms with Gasteiger partial charge in [-0.25, -0.2) is 4.79 Å². The van der Waals surface area contributed by atoms with E-state index in [0.29, 0.717) is 18.6 Å². The molecule has 0 saturated carbocycles. The topological polar surface area (TPSA) is 90.9 Å². The molecule has 0 aliphatic carbocycles. The minimum absolute atomic E-state index is 0.0444. The number of amides is 1. The quantitative estimate of drug-likeness (QED) is 0.463. The van der Waals surface area contributed by atoms with E-state index in [0.717, 1.165) is 12.8 Å². The summed E-state index contributed by atoms with van der Waals surface area (Å²) in [7, 11) is 0. The maximum absolute atomic E-state index is 12.3. The predicted molar refractivity (Wildman–Crippen MR) is 112 cm³/mol. The van der Waals surface area contributed by atoms with Crippen LogP contribution >= 0.6 is 0 Å². The van der Waals surface area contributed by atoms with E-state index in [1.165, 1.54) is 6.92 Å². The lowest BCUT2D eigenvalue weighted by Gasteiger charge is -2.44. The highest BCUT2D eigenvalue weighted by Gasteiger charge is 2.43. The molecule has 2 unspecified atom stereocenters. The Morgan fingerprint density at radius 1 is 1.03 bits per heavy atom. The van der Waals surface area contributed by atoms with Gasteiger partial charge in [0.05, 0.1) is 17.7 Å². The Hall–Kier alpha value is -2.25. The van der Waals surface area contributed by atoms with Crippen LogP contribution in [0.1, 0.15) is 57.3 Å². The van der Waals surface area contributed by atoms with Crippen molar-refractivity contribution in [1.82, 2.24) is 5.32 Å². The third-order valence-corrected chi connectivity index (χ3v) is 5.55. The molecule has 2 rings (SSSR count). The first-order chi connectivity index (χ1) is 14.3. The average molecular weight is 420 g/mol. The number of hydrogen-bond acceptors (Lipinski definition) is 6. The summed E-state index contributed by atoms with van der Waals surface area (Å²) in [6, 6.07) is 8.52. The Kier molecular flexibility index (Phi) is 9.46. The molecule has 166 valence electrons. The lowest BCUT2D eigenvalue weighted by Crippen LogP contribution is -2.58. The van der Waals surface area contributed by atoms with E-state index in [1.54, 1.807) is 31.2 Å². The van der Waals surface area contributed by atoms with Gasteiger partial charge in [-0.3, -0.25) is 4.79 Å². The van der Waals surface area contributed by atoms with Crippen LogP contribution in [0, 0.1) is 11.8 Å². The summed E-state index contributed by atoms with van der Waals surface area (Å²) in [4.78, 5) is 35.0. The summed E-state index contributed by atoms with van der Waals surface area (Å²) in [5.74, 6) is -0.289. The molecule has 1 aromatic carbocycles. The fourth-order valence-corrected chi connectivity index (χ4v) is 3.55. The number of nitrogens with one attached hydrogen (secondary N) is 1.